The summed E-state index contributed by atoms with van der Waals surface area (Å²) in [5.74, 6) is 0. The molecule has 0 spiro atoms. The fraction of sp³-hybridized carbons (Fsp3) is 0.857. The molecular formula is C7H16O3SSi. The van der Waals surface area contributed by atoms with Crippen LogP contribution in [0.15, 0.2) is 0 Å². The van der Waals surface area contributed by atoms with Crippen LogP contribution in [0.1, 0.15) is 20.3 Å². The smallest absolute Gasteiger partial charge is 0.363 e. The molecule has 0 bridgehead atoms. The summed E-state index contributed by atoms with van der Waals surface area (Å²) in [4.78, 5) is 0. The Hall–Kier alpha value is 0.0269. The Morgan fingerprint density at radius 1 is 1.42 bits per heavy atom. The maximum absolute atomic E-state index is 5.39. The van der Waals surface area contributed by atoms with Crippen molar-refractivity contribution in [2.45, 2.75) is 26.0 Å². The van der Waals surface area contributed by atoms with E-state index in [1.165, 1.54) is 0 Å². The van der Waals surface area contributed by atoms with Crippen molar-refractivity contribution >= 4 is 26.6 Å². The molecule has 0 fully saturated rings. The highest BCUT2D eigenvalue weighted by Crippen LogP contribution is 2.05. The summed E-state index contributed by atoms with van der Waals surface area (Å²) in [6, 6.07) is 0. The molecular weight excluding hydrogens is 192 g/mol. The van der Waals surface area contributed by atoms with E-state index >= 15 is 0 Å². The van der Waals surface area contributed by atoms with Crippen LogP contribution in [-0.2, 0) is 13.6 Å². The van der Waals surface area contributed by atoms with Crippen LogP contribution in [0, 0.1) is 0 Å². The van der Waals surface area contributed by atoms with Crippen molar-refractivity contribution < 1.29 is 13.6 Å². The van der Waals surface area contributed by atoms with Crippen molar-refractivity contribution in [1.29, 1.82) is 0 Å². The Balaban J connectivity index is 4.01. The summed E-state index contributed by atoms with van der Waals surface area (Å²) in [6.45, 7) is 3.79. The predicted octanol–water partition coefficient (Wildman–Crippen LogP) is 1.18. The molecule has 0 aromatic rings. The molecule has 0 saturated carbocycles. The number of rotatable bonds is 5. The van der Waals surface area contributed by atoms with Gasteiger partial charge in [-0.25, -0.2) is 0 Å². The van der Waals surface area contributed by atoms with E-state index in [4.69, 9.17) is 25.8 Å². The third-order valence-electron chi connectivity index (χ3n) is 1.49. The first kappa shape index (κ1) is 12.0. The van der Waals surface area contributed by atoms with Gasteiger partial charge < -0.3 is 13.6 Å². The van der Waals surface area contributed by atoms with E-state index in [1.807, 2.05) is 6.92 Å². The lowest BCUT2D eigenvalue weighted by atomic mass is 10.5. The summed E-state index contributed by atoms with van der Waals surface area (Å²) < 4.78 is 15.8. The monoisotopic (exact) mass is 208 g/mol. The van der Waals surface area contributed by atoms with Gasteiger partial charge in [-0.05, 0) is 18.6 Å². The van der Waals surface area contributed by atoms with Gasteiger partial charge in [-0.2, -0.15) is 0 Å². The third kappa shape index (κ3) is 4.15. The van der Waals surface area contributed by atoms with Gasteiger partial charge in [-0.1, -0.05) is 6.92 Å². The maximum atomic E-state index is 5.39. The van der Waals surface area contributed by atoms with E-state index in [1.54, 1.807) is 21.1 Å². The molecule has 5 heteroatoms. The molecule has 0 aliphatic carbocycles. The van der Waals surface area contributed by atoms with Gasteiger partial charge in [0.05, 0.1) is 0 Å². The minimum atomic E-state index is -1.67. The Morgan fingerprint density at radius 3 is 2.17 bits per heavy atom. The van der Waals surface area contributed by atoms with Crippen molar-refractivity contribution in [3.05, 3.63) is 0 Å². The Kier molecular flexibility index (Phi) is 6.55. The van der Waals surface area contributed by atoms with Crippen molar-refractivity contribution in [2.24, 2.45) is 0 Å². The molecule has 0 aliphatic rings. The van der Waals surface area contributed by atoms with Crippen LogP contribution in [0.5, 0.6) is 0 Å². The van der Waals surface area contributed by atoms with Crippen molar-refractivity contribution in [2.75, 3.05) is 14.2 Å². The first-order valence-electron chi connectivity index (χ1n) is 3.88. The second kappa shape index (κ2) is 6.53. The standard InChI is InChI=1S/C7H16O3SSi/c1-5-7(10-6(2)11)12(8-3)9-4/h7,12H,5H2,1-4H3. The van der Waals surface area contributed by atoms with E-state index in [-0.39, 0.29) is 5.73 Å². The largest absolute Gasteiger partial charge is 0.483 e. The van der Waals surface area contributed by atoms with Gasteiger partial charge >= 0.3 is 9.28 Å². The molecule has 0 heterocycles. The second-order valence-corrected chi connectivity index (χ2v) is 5.39. The predicted molar refractivity (Wildman–Crippen MR) is 54.6 cm³/mol. The molecule has 1 atom stereocenters. The van der Waals surface area contributed by atoms with Crippen LogP contribution in [-0.4, -0.2) is 34.3 Å². The van der Waals surface area contributed by atoms with E-state index < -0.39 is 9.28 Å². The van der Waals surface area contributed by atoms with Gasteiger partial charge in [-0.15, -0.1) is 0 Å². The molecule has 0 aliphatic heterocycles. The number of thiocarbonyl (C=S) groups is 1. The third-order valence-corrected chi connectivity index (χ3v) is 3.73. The highest BCUT2D eigenvalue weighted by atomic mass is 32.1. The van der Waals surface area contributed by atoms with Gasteiger partial charge in [0.15, 0.2) is 5.05 Å². The summed E-state index contributed by atoms with van der Waals surface area (Å²) in [5.41, 5.74) is 0.0255. The number of hydrogen-bond acceptors (Lipinski definition) is 4. The highest BCUT2D eigenvalue weighted by molar-refractivity contribution is 7.80. The van der Waals surface area contributed by atoms with Crippen LogP contribution in [0.25, 0.3) is 0 Å². The zero-order chi connectivity index (χ0) is 9.56. The van der Waals surface area contributed by atoms with E-state index in [2.05, 4.69) is 0 Å². The number of ether oxygens (including phenoxy) is 1. The summed E-state index contributed by atoms with van der Waals surface area (Å²) in [7, 11) is 1.61. The summed E-state index contributed by atoms with van der Waals surface area (Å²) in [6.07, 6.45) is 0.868. The van der Waals surface area contributed by atoms with Crippen molar-refractivity contribution in [3.8, 4) is 0 Å². The van der Waals surface area contributed by atoms with Crippen molar-refractivity contribution in [1.82, 2.24) is 0 Å². The topological polar surface area (TPSA) is 27.7 Å². The Morgan fingerprint density at radius 2 is 1.92 bits per heavy atom. The fourth-order valence-corrected chi connectivity index (χ4v) is 2.67. The summed E-state index contributed by atoms with van der Waals surface area (Å²) in [5, 5.41) is 0.549. The molecule has 72 valence electrons. The van der Waals surface area contributed by atoms with Crippen LogP contribution >= 0.6 is 12.2 Å². The minimum Gasteiger partial charge on any atom is -0.483 e. The quantitative estimate of drug-likeness (QED) is 0.501. The van der Waals surface area contributed by atoms with Crippen LogP contribution in [0.3, 0.4) is 0 Å². The van der Waals surface area contributed by atoms with Gasteiger partial charge in [0.2, 0.25) is 0 Å². The SMILES string of the molecule is CCC(OC(C)=S)[SiH](OC)OC. The van der Waals surface area contributed by atoms with Crippen molar-refractivity contribution in [3.63, 3.8) is 0 Å². The van der Waals surface area contributed by atoms with Gasteiger partial charge in [0, 0.05) is 21.1 Å². The molecule has 0 saturated heterocycles. The lowest BCUT2D eigenvalue weighted by molar-refractivity contribution is 0.173. The Labute approximate surface area is 80.9 Å². The van der Waals surface area contributed by atoms with Gasteiger partial charge in [-0.3, -0.25) is 0 Å². The van der Waals surface area contributed by atoms with E-state index in [9.17, 15) is 0 Å². The maximum Gasteiger partial charge on any atom is 0.363 e. The van der Waals surface area contributed by atoms with Crippen LogP contribution in [0.4, 0.5) is 0 Å². The van der Waals surface area contributed by atoms with Crippen LogP contribution < -0.4 is 0 Å². The lowest BCUT2D eigenvalue weighted by Gasteiger charge is -2.21. The molecule has 0 N–H and O–H groups in total. The molecule has 0 aromatic carbocycles. The zero-order valence-corrected chi connectivity index (χ0v) is 9.97. The average Bonchev–Trinajstić information content (AvgIpc) is 2.04. The molecule has 12 heavy (non-hydrogen) atoms. The Bertz CT molecular complexity index is 139. The molecule has 0 aromatic heterocycles. The zero-order valence-electron chi connectivity index (χ0n) is 7.99. The molecule has 0 amide bonds. The average molecular weight is 208 g/mol. The van der Waals surface area contributed by atoms with Gasteiger partial charge in [0.25, 0.3) is 0 Å². The van der Waals surface area contributed by atoms with Gasteiger partial charge in [0.1, 0.15) is 5.73 Å². The molecule has 1 unspecified atom stereocenters. The first-order valence-corrected chi connectivity index (χ1v) is 5.90. The highest BCUT2D eigenvalue weighted by Gasteiger charge is 2.24. The normalized spacial score (nSPS) is 13.1. The van der Waals surface area contributed by atoms with E-state index in [0.29, 0.717) is 5.05 Å². The molecule has 0 radical (unpaired) electrons. The molecule has 3 nitrogen and oxygen atoms in total. The first-order chi connectivity index (χ1) is 5.65. The number of hydrogen-bond donors (Lipinski definition) is 0. The fourth-order valence-electron chi connectivity index (χ4n) is 0.944. The van der Waals surface area contributed by atoms with E-state index in [0.717, 1.165) is 6.42 Å². The van der Waals surface area contributed by atoms with Crippen LogP contribution in [0.2, 0.25) is 0 Å². The molecule has 0 rings (SSSR count). The minimum absolute atomic E-state index is 0.0255. The summed E-state index contributed by atoms with van der Waals surface area (Å²) >= 11 is 4.84. The lowest BCUT2D eigenvalue weighted by Crippen LogP contribution is -2.37. The second-order valence-electron chi connectivity index (χ2n) is 2.40.